The second kappa shape index (κ2) is 4.11. The van der Waals surface area contributed by atoms with Crippen molar-refractivity contribution in [2.75, 3.05) is 0 Å². The summed E-state index contributed by atoms with van der Waals surface area (Å²) in [7, 11) is 0. The van der Waals surface area contributed by atoms with E-state index in [2.05, 4.69) is 0 Å². The molecule has 0 saturated carbocycles. The van der Waals surface area contributed by atoms with Crippen molar-refractivity contribution < 1.29 is 9.18 Å². The van der Waals surface area contributed by atoms with Gasteiger partial charge in [-0.1, -0.05) is 6.92 Å². The molecule has 0 spiro atoms. The number of halogens is 1. The molecule has 2 N–H and O–H groups in total. The molecule has 1 unspecified atom stereocenters. The number of aryl methyl sites for hydroxylation is 1. The van der Waals surface area contributed by atoms with Crippen LogP contribution in [0.25, 0.3) is 0 Å². The fourth-order valence-corrected chi connectivity index (χ4v) is 1.35. The molecule has 0 heterocycles. The van der Waals surface area contributed by atoms with Crippen LogP contribution in [0.1, 0.15) is 36.2 Å². The smallest absolute Gasteiger partial charge is 0.182 e. The third kappa shape index (κ3) is 2.42. The van der Waals surface area contributed by atoms with Crippen LogP contribution in [-0.2, 0) is 0 Å². The molecule has 0 aromatic heterocycles. The Kier molecular flexibility index (Phi) is 3.25. The fourth-order valence-electron chi connectivity index (χ4n) is 1.35. The van der Waals surface area contributed by atoms with E-state index in [1.807, 2.05) is 6.92 Å². The predicted molar refractivity (Wildman–Crippen MR) is 58.4 cm³/mol. The molecular weight excluding hydrogens is 193 g/mol. The molecule has 0 saturated heterocycles. The molecule has 0 aliphatic carbocycles. The first-order valence-corrected chi connectivity index (χ1v) is 4.98. The molecule has 0 fully saturated rings. The Morgan fingerprint density at radius 2 is 2.13 bits per heavy atom. The maximum Gasteiger partial charge on any atom is 0.182 e. The monoisotopic (exact) mass is 209 g/mol. The zero-order valence-corrected chi connectivity index (χ0v) is 9.30. The van der Waals surface area contributed by atoms with E-state index >= 15 is 0 Å². The summed E-state index contributed by atoms with van der Waals surface area (Å²) in [6, 6.07) is 4.12. The van der Waals surface area contributed by atoms with Gasteiger partial charge in [0.05, 0.1) is 5.54 Å². The molecule has 3 heteroatoms. The summed E-state index contributed by atoms with van der Waals surface area (Å²) in [6.07, 6.45) is 0.558. The number of hydrogen-bond acceptors (Lipinski definition) is 2. The van der Waals surface area contributed by atoms with E-state index in [0.717, 1.165) is 0 Å². The first kappa shape index (κ1) is 11.9. The summed E-state index contributed by atoms with van der Waals surface area (Å²) in [5, 5.41) is 0. The Hall–Kier alpha value is -1.22. The zero-order chi connectivity index (χ0) is 11.6. The van der Waals surface area contributed by atoms with Gasteiger partial charge >= 0.3 is 0 Å². The molecule has 1 aromatic rings. The number of carbonyl (C=O) groups is 1. The van der Waals surface area contributed by atoms with Crippen LogP contribution in [0.3, 0.4) is 0 Å². The Bertz CT molecular complexity index is 385. The van der Waals surface area contributed by atoms with Crippen molar-refractivity contribution >= 4 is 5.78 Å². The van der Waals surface area contributed by atoms with Crippen LogP contribution in [0, 0.1) is 12.7 Å². The summed E-state index contributed by atoms with van der Waals surface area (Å²) < 4.78 is 12.8. The van der Waals surface area contributed by atoms with Gasteiger partial charge in [-0.2, -0.15) is 0 Å². The van der Waals surface area contributed by atoms with E-state index in [0.29, 0.717) is 17.5 Å². The summed E-state index contributed by atoms with van der Waals surface area (Å²) in [4.78, 5) is 12.0. The highest BCUT2D eigenvalue weighted by Crippen LogP contribution is 2.18. The molecule has 1 rings (SSSR count). The van der Waals surface area contributed by atoms with E-state index < -0.39 is 5.54 Å². The largest absolute Gasteiger partial charge is 0.319 e. The van der Waals surface area contributed by atoms with Gasteiger partial charge in [0.2, 0.25) is 0 Å². The summed E-state index contributed by atoms with van der Waals surface area (Å²) in [5.74, 6) is -0.471. The molecule has 15 heavy (non-hydrogen) atoms. The van der Waals surface area contributed by atoms with Gasteiger partial charge in [0.15, 0.2) is 5.78 Å². The van der Waals surface area contributed by atoms with E-state index in [9.17, 15) is 9.18 Å². The van der Waals surface area contributed by atoms with Crippen LogP contribution >= 0.6 is 0 Å². The van der Waals surface area contributed by atoms with Crippen LogP contribution in [0.15, 0.2) is 18.2 Å². The van der Waals surface area contributed by atoms with Crippen LogP contribution in [-0.4, -0.2) is 11.3 Å². The minimum Gasteiger partial charge on any atom is -0.319 e. The third-order valence-corrected chi connectivity index (χ3v) is 2.69. The highest BCUT2D eigenvalue weighted by Gasteiger charge is 2.28. The molecular formula is C12H16FNO. The number of hydrogen-bond donors (Lipinski definition) is 1. The average molecular weight is 209 g/mol. The number of nitrogens with two attached hydrogens (primary N) is 1. The van der Waals surface area contributed by atoms with Crippen molar-refractivity contribution in [3.05, 3.63) is 35.1 Å². The molecule has 0 bridgehead atoms. The maximum absolute atomic E-state index is 12.8. The normalized spacial score (nSPS) is 14.7. The second-order valence-corrected chi connectivity index (χ2v) is 4.06. The lowest BCUT2D eigenvalue weighted by Gasteiger charge is -2.21. The molecule has 82 valence electrons. The maximum atomic E-state index is 12.8. The Morgan fingerprint density at radius 3 is 2.60 bits per heavy atom. The van der Waals surface area contributed by atoms with E-state index in [1.165, 1.54) is 18.2 Å². The number of rotatable bonds is 3. The highest BCUT2D eigenvalue weighted by molar-refractivity contribution is 6.03. The predicted octanol–water partition coefficient (Wildman–Crippen LogP) is 2.44. The molecule has 1 atom stereocenters. The number of carbonyl (C=O) groups excluding carboxylic acids is 1. The van der Waals surface area contributed by atoms with Crippen molar-refractivity contribution in [3.8, 4) is 0 Å². The number of Topliss-reactive ketones (excluding diaryl/α,β-unsaturated/α-hetero) is 1. The van der Waals surface area contributed by atoms with Gasteiger partial charge in [0.1, 0.15) is 5.82 Å². The lowest BCUT2D eigenvalue weighted by molar-refractivity contribution is 0.0897. The Balaban J connectivity index is 3.12. The van der Waals surface area contributed by atoms with Gasteiger partial charge in [-0.05, 0) is 44.0 Å². The molecule has 0 radical (unpaired) electrons. The minimum absolute atomic E-state index is 0.137. The quantitative estimate of drug-likeness (QED) is 0.777. The molecule has 0 amide bonds. The first-order chi connectivity index (χ1) is 6.88. The van der Waals surface area contributed by atoms with Crippen LogP contribution in [0.2, 0.25) is 0 Å². The van der Waals surface area contributed by atoms with Crippen LogP contribution in [0.5, 0.6) is 0 Å². The molecule has 0 aliphatic rings. The van der Waals surface area contributed by atoms with E-state index in [1.54, 1.807) is 13.8 Å². The summed E-state index contributed by atoms with van der Waals surface area (Å²) in [5.41, 5.74) is 6.12. The molecule has 2 nitrogen and oxygen atoms in total. The number of benzene rings is 1. The Morgan fingerprint density at radius 1 is 1.53 bits per heavy atom. The minimum atomic E-state index is -0.872. The van der Waals surface area contributed by atoms with E-state index in [4.69, 9.17) is 5.73 Å². The van der Waals surface area contributed by atoms with E-state index in [-0.39, 0.29) is 11.6 Å². The third-order valence-electron chi connectivity index (χ3n) is 2.69. The highest BCUT2D eigenvalue weighted by atomic mass is 19.1. The zero-order valence-electron chi connectivity index (χ0n) is 9.30. The van der Waals surface area contributed by atoms with Crippen molar-refractivity contribution in [2.45, 2.75) is 32.7 Å². The molecule has 0 aliphatic heterocycles. The van der Waals surface area contributed by atoms with Crippen molar-refractivity contribution in [3.63, 3.8) is 0 Å². The van der Waals surface area contributed by atoms with Gasteiger partial charge in [0.25, 0.3) is 0 Å². The average Bonchev–Trinajstić information content (AvgIpc) is 2.17. The standard InChI is InChI=1S/C12H16FNO/c1-4-12(3,14)11(15)10-6-5-9(13)7-8(10)2/h5-7H,4,14H2,1-3H3. The van der Waals surface area contributed by atoms with Crippen molar-refractivity contribution in [2.24, 2.45) is 5.73 Å². The van der Waals surface area contributed by atoms with Crippen LogP contribution in [0.4, 0.5) is 4.39 Å². The van der Waals surface area contributed by atoms with Crippen LogP contribution < -0.4 is 5.73 Å². The molecule has 1 aromatic carbocycles. The lowest BCUT2D eigenvalue weighted by Crippen LogP contribution is -2.44. The lowest BCUT2D eigenvalue weighted by atomic mass is 9.88. The van der Waals surface area contributed by atoms with Crippen molar-refractivity contribution in [1.29, 1.82) is 0 Å². The van der Waals surface area contributed by atoms with Gasteiger partial charge < -0.3 is 5.73 Å². The van der Waals surface area contributed by atoms with Gasteiger partial charge in [-0.25, -0.2) is 4.39 Å². The SMILES string of the molecule is CCC(C)(N)C(=O)c1ccc(F)cc1C. The topological polar surface area (TPSA) is 43.1 Å². The van der Waals surface area contributed by atoms with Gasteiger partial charge in [-0.3, -0.25) is 4.79 Å². The summed E-state index contributed by atoms with van der Waals surface area (Å²) in [6.45, 7) is 5.26. The van der Waals surface area contributed by atoms with Gasteiger partial charge in [-0.15, -0.1) is 0 Å². The first-order valence-electron chi connectivity index (χ1n) is 4.98. The Labute approximate surface area is 89.3 Å². The fraction of sp³-hybridized carbons (Fsp3) is 0.417. The number of ketones is 1. The van der Waals surface area contributed by atoms with Crippen molar-refractivity contribution in [1.82, 2.24) is 0 Å². The second-order valence-electron chi connectivity index (χ2n) is 4.06. The van der Waals surface area contributed by atoms with Gasteiger partial charge in [0, 0.05) is 5.56 Å². The summed E-state index contributed by atoms with van der Waals surface area (Å²) >= 11 is 0.